The molecule has 0 radical (unpaired) electrons. The van der Waals surface area contributed by atoms with Crippen LogP contribution >= 0.6 is 48.0 Å². The predicted octanol–water partition coefficient (Wildman–Crippen LogP) is 4.98. The van der Waals surface area contributed by atoms with Gasteiger partial charge in [0.1, 0.15) is 8.64 Å². The first-order valence-electron chi connectivity index (χ1n) is 16.9. The molecule has 0 N–H and O–H groups in total. The van der Waals surface area contributed by atoms with E-state index in [1.54, 1.807) is 75.4 Å². The number of thiocarbonyl (C=S) groups is 2. The first-order chi connectivity index (χ1) is 25.5. The lowest BCUT2D eigenvalue weighted by Gasteiger charge is -2.35. The van der Waals surface area contributed by atoms with E-state index in [4.69, 9.17) is 33.9 Å². The Morgan fingerprint density at radius 1 is 0.623 bits per heavy atom. The molecule has 16 heteroatoms. The first kappa shape index (κ1) is 39.8. The number of hydrogen-bond donors (Lipinski definition) is 0. The molecule has 3 fully saturated rings. The number of hydrogen-bond acceptors (Lipinski definition) is 12. The van der Waals surface area contributed by atoms with Crippen LogP contribution in [0.25, 0.3) is 12.2 Å². The molecule has 0 unspecified atom stereocenters. The van der Waals surface area contributed by atoms with Crippen LogP contribution < -0.4 is 0 Å². The molecule has 53 heavy (non-hydrogen) atoms. The van der Waals surface area contributed by atoms with Gasteiger partial charge in [-0.05, 0) is 60.4 Å². The molecule has 278 valence electrons. The highest BCUT2D eigenvalue weighted by Crippen LogP contribution is 2.34. The van der Waals surface area contributed by atoms with Crippen molar-refractivity contribution in [1.82, 2.24) is 19.6 Å². The summed E-state index contributed by atoms with van der Waals surface area (Å²) < 4.78 is 10.3. The maximum absolute atomic E-state index is 13.0. The Hall–Kier alpha value is -4.38. The number of amides is 4. The Morgan fingerprint density at radius 2 is 1.04 bits per heavy atom. The summed E-state index contributed by atoms with van der Waals surface area (Å²) in [6, 6.07) is 13.4. The number of unbranched alkanes of at least 4 members (excludes halogenated alkanes) is 2. The summed E-state index contributed by atoms with van der Waals surface area (Å²) in [5.74, 6) is -1.36. The minimum atomic E-state index is -0.445. The average Bonchev–Trinajstić information content (AvgIpc) is 3.59. The molecule has 3 saturated heterocycles. The van der Waals surface area contributed by atoms with Crippen LogP contribution in [-0.4, -0.2) is 117 Å². The van der Waals surface area contributed by atoms with Crippen molar-refractivity contribution >= 4 is 104 Å². The normalized spacial score (nSPS) is 17.7. The fraction of sp³-hybridized carbons (Fsp3) is 0.351. The molecule has 4 amide bonds. The van der Waals surface area contributed by atoms with Crippen LogP contribution in [0.2, 0.25) is 0 Å². The quantitative estimate of drug-likeness (QED) is 0.117. The van der Waals surface area contributed by atoms with Crippen molar-refractivity contribution in [2.24, 2.45) is 0 Å². The maximum Gasteiger partial charge on any atom is 0.337 e. The van der Waals surface area contributed by atoms with Gasteiger partial charge in [-0.2, -0.15) is 0 Å². The van der Waals surface area contributed by atoms with E-state index in [1.807, 2.05) is 0 Å². The summed E-state index contributed by atoms with van der Waals surface area (Å²) in [6.45, 7) is 2.35. The van der Waals surface area contributed by atoms with Crippen LogP contribution in [0.5, 0.6) is 0 Å². The smallest absolute Gasteiger partial charge is 0.337 e. The van der Waals surface area contributed by atoms with Crippen LogP contribution in [0.1, 0.15) is 63.9 Å². The lowest BCUT2D eigenvalue weighted by atomic mass is 10.1. The zero-order valence-corrected chi connectivity index (χ0v) is 32.5. The fourth-order valence-corrected chi connectivity index (χ4v) is 8.42. The molecule has 12 nitrogen and oxygen atoms in total. The van der Waals surface area contributed by atoms with Crippen LogP contribution in [0, 0.1) is 0 Å². The van der Waals surface area contributed by atoms with E-state index >= 15 is 0 Å². The zero-order valence-electron chi connectivity index (χ0n) is 29.2. The van der Waals surface area contributed by atoms with E-state index in [0.717, 1.165) is 17.5 Å². The molecule has 0 atom stereocenters. The summed E-state index contributed by atoms with van der Waals surface area (Å²) in [5.41, 5.74) is 2.34. The van der Waals surface area contributed by atoms with Crippen molar-refractivity contribution < 1.29 is 38.2 Å². The minimum Gasteiger partial charge on any atom is -0.465 e. The molecule has 2 aromatic carbocycles. The van der Waals surface area contributed by atoms with Gasteiger partial charge in [0.15, 0.2) is 0 Å². The molecule has 0 spiro atoms. The number of rotatable bonds is 13. The first-order valence-corrected chi connectivity index (χ1v) is 19.4. The van der Waals surface area contributed by atoms with E-state index in [1.165, 1.54) is 42.6 Å². The van der Waals surface area contributed by atoms with Gasteiger partial charge < -0.3 is 19.3 Å². The van der Waals surface area contributed by atoms with E-state index in [9.17, 15) is 28.8 Å². The topological polar surface area (TPSA) is 134 Å². The standard InChI is InChI=1S/C37H38N4O8S4/c1-48-34(46)26-11-7-24(8-12-26)22-28-32(44)40(36(50)52-28)16-5-3-4-6-30(42)38-18-20-39(21-19-38)31(43)15-17-41-33(45)29(53-37(41)51)23-25-9-13-27(14-10-25)35(47)49-2/h7-14,22-23H,3-6,15-21H2,1-2H3/b28-22-,29-23+. The van der Waals surface area contributed by atoms with Gasteiger partial charge >= 0.3 is 11.9 Å². The highest BCUT2D eigenvalue weighted by Gasteiger charge is 2.34. The molecule has 0 aromatic heterocycles. The lowest BCUT2D eigenvalue weighted by Crippen LogP contribution is -2.51. The molecule has 3 aliphatic heterocycles. The highest BCUT2D eigenvalue weighted by molar-refractivity contribution is 8.27. The third-order valence-electron chi connectivity index (χ3n) is 8.81. The van der Waals surface area contributed by atoms with Crippen molar-refractivity contribution in [3.63, 3.8) is 0 Å². The molecular formula is C37H38N4O8S4. The maximum atomic E-state index is 13.0. The Bertz CT molecular complexity index is 1850. The third kappa shape index (κ3) is 10.2. The second kappa shape index (κ2) is 18.6. The summed E-state index contributed by atoms with van der Waals surface area (Å²) >= 11 is 13.3. The SMILES string of the molecule is COC(=O)c1ccc(/C=C2\SC(=S)N(CCCCCC(=O)N3CCN(C(=O)CCN4C(=O)/C(=C\c5ccc(C(=O)OC)cc5)SC4=S)CC3)C2=O)cc1. The summed E-state index contributed by atoms with van der Waals surface area (Å²) in [4.78, 5) is 82.8. The predicted molar refractivity (Wildman–Crippen MR) is 212 cm³/mol. The Balaban J connectivity index is 0.982. The van der Waals surface area contributed by atoms with Crippen molar-refractivity contribution in [3.8, 4) is 0 Å². The van der Waals surface area contributed by atoms with Gasteiger partial charge in [0, 0.05) is 52.1 Å². The van der Waals surface area contributed by atoms with Crippen molar-refractivity contribution in [3.05, 3.63) is 80.6 Å². The van der Waals surface area contributed by atoms with Gasteiger partial charge in [-0.3, -0.25) is 29.0 Å². The summed E-state index contributed by atoms with van der Waals surface area (Å²) in [7, 11) is 2.63. The van der Waals surface area contributed by atoms with Crippen LogP contribution in [0.4, 0.5) is 0 Å². The largest absolute Gasteiger partial charge is 0.465 e. The second-order valence-electron chi connectivity index (χ2n) is 12.2. The Morgan fingerprint density at radius 3 is 1.47 bits per heavy atom. The molecule has 0 bridgehead atoms. The third-order valence-corrected chi connectivity index (χ3v) is 11.6. The number of piperazine rings is 1. The number of thioether (sulfide) groups is 2. The number of ether oxygens (including phenoxy) is 2. The molecular weight excluding hydrogens is 757 g/mol. The minimum absolute atomic E-state index is 0.0353. The number of carbonyl (C=O) groups is 6. The van der Waals surface area contributed by atoms with Gasteiger partial charge in [0.2, 0.25) is 11.8 Å². The van der Waals surface area contributed by atoms with Crippen LogP contribution in [0.15, 0.2) is 58.3 Å². The van der Waals surface area contributed by atoms with Crippen LogP contribution in [0.3, 0.4) is 0 Å². The van der Waals surface area contributed by atoms with Gasteiger partial charge in [-0.15, -0.1) is 0 Å². The van der Waals surface area contributed by atoms with E-state index in [-0.39, 0.29) is 36.6 Å². The molecule has 0 saturated carbocycles. The monoisotopic (exact) mass is 794 g/mol. The zero-order chi connectivity index (χ0) is 38.1. The van der Waals surface area contributed by atoms with E-state index in [0.29, 0.717) is 81.6 Å². The second-order valence-corrected chi connectivity index (χ2v) is 15.6. The number of esters is 2. The summed E-state index contributed by atoms with van der Waals surface area (Å²) in [6.07, 6.45) is 6.08. The van der Waals surface area contributed by atoms with Gasteiger partial charge in [0.05, 0.1) is 35.2 Å². The summed E-state index contributed by atoms with van der Waals surface area (Å²) in [5, 5.41) is 0. The van der Waals surface area contributed by atoms with Crippen molar-refractivity contribution in [2.45, 2.75) is 32.1 Å². The fourth-order valence-electron chi connectivity index (χ4n) is 5.81. The molecule has 2 aromatic rings. The number of nitrogens with zero attached hydrogens (tertiary/aromatic N) is 4. The highest BCUT2D eigenvalue weighted by atomic mass is 32.2. The van der Waals surface area contributed by atoms with Gasteiger partial charge in [-0.25, -0.2) is 9.59 Å². The van der Waals surface area contributed by atoms with Crippen molar-refractivity contribution in [2.75, 3.05) is 53.5 Å². The Kier molecular flexibility index (Phi) is 14.0. The number of benzene rings is 2. The van der Waals surface area contributed by atoms with E-state index in [2.05, 4.69) is 0 Å². The average molecular weight is 795 g/mol. The molecule has 3 aliphatic rings. The van der Waals surface area contributed by atoms with Crippen molar-refractivity contribution in [1.29, 1.82) is 0 Å². The van der Waals surface area contributed by atoms with Gasteiger partial charge in [-0.1, -0.05) is 78.6 Å². The number of carbonyl (C=O) groups excluding carboxylic acids is 6. The molecule has 3 heterocycles. The Labute approximate surface area is 326 Å². The number of methoxy groups -OCH3 is 2. The lowest BCUT2D eigenvalue weighted by molar-refractivity contribution is -0.140. The van der Waals surface area contributed by atoms with Gasteiger partial charge in [0.25, 0.3) is 11.8 Å². The van der Waals surface area contributed by atoms with E-state index < -0.39 is 11.9 Å². The molecule has 5 rings (SSSR count). The van der Waals surface area contributed by atoms with Crippen LogP contribution in [-0.2, 0) is 28.7 Å². The molecule has 0 aliphatic carbocycles.